The minimum absolute atomic E-state index is 0.127. The summed E-state index contributed by atoms with van der Waals surface area (Å²) in [5.74, 6) is 0.780. The zero-order valence-corrected chi connectivity index (χ0v) is 10.3. The standard InChI is InChI=1S/C14H20O3/c1-2-13(15)11-6-5-7-12(10-11)17-14-8-3-4-9-16-14/h5-7,10,13-15H,2-4,8-9H2,1H3. The molecule has 1 aliphatic heterocycles. The van der Waals surface area contributed by atoms with Crippen molar-refractivity contribution in [2.24, 2.45) is 0 Å². The summed E-state index contributed by atoms with van der Waals surface area (Å²) >= 11 is 0. The molecule has 3 nitrogen and oxygen atoms in total. The van der Waals surface area contributed by atoms with Crippen molar-refractivity contribution in [3.63, 3.8) is 0 Å². The molecular formula is C14H20O3. The van der Waals surface area contributed by atoms with Crippen LogP contribution in [0.5, 0.6) is 5.75 Å². The highest BCUT2D eigenvalue weighted by Gasteiger charge is 2.15. The normalized spacial score (nSPS) is 22.1. The van der Waals surface area contributed by atoms with Gasteiger partial charge in [-0.25, -0.2) is 0 Å². The Bertz CT molecular complexity index is 345. The van der Waals surface area contributed by atoms with Gasteiger partial charge in [-0.1, -0.05) is 19.1 Å². The smallest absolute Gasteiger partial charge is 0.199 e. The Labute approximate surface area is 102 Å². The van der Waals surface area contributed by atoms with Crippen LogP contribution in [0, 0.1) is 0 Å². The van der Waals surface area contributed by atoms with Crippen LogP contribution in [0.3, 0.4) is 0 Å². The van der Waals surface area contributed by atoms with Crippen molar-refractivity contribution in [2.75, 3.05) is 6.61 Å². The molecule has 3 heteroatoms. The van der Waals surface area contributed by atoms with Crippen molar-refractivity contribution < 1.29 is 14.6 Å². The molecule has 1 aromatic rings. The fraction of sp³-hybridized carbons (Fsp3) is 0.571. The molecule has 1 heterocycles. The van der Waals surface area contributed by atoms with Gasteiger partial charge in [-0.3, -0.25) is 0 Å². The van der Waals surface area contributed by atoms with Crippen LogP contribution < -0.4 is 4.74 Å². The van der Waals surface area contributed by atoms with Crippen LogP contribution in [0.4, 0.5) is 0 Å². The van der Waals surface area contributed by atoms with E-state index in [1.807, 2.05) is 31.2 Å². The quantitative estimate of drug-likeness (QED) is 0.873. The molecule has 1 saturated heterocycles. The minimum Gasteiger partial charge on any atom is -0.465 e. The summed E-state index contributed by atoms with van der Waals surface area (Å²) in [6, 6.07) is 7.63. The van der Waals surface area contributed by atoms with Gasteiger partial charge in [0.05, 0.1) is 12.7 Å². The van der Waals surface area contributed by atoms with E-state index in [4.69, 9.17) is 9.47 Å². The maximum Gasteiger partial charge on any atom is 0.199 e. The molecule has 0 radical (unpaired) electrons. The zero-order valence-electron chi connectivity index (χ0n) is 10.3. The highest BCUT2D eigenvalue weighted by Crippen LogP contribution is 2.24. The van der Waals surface area contributed by atoms with Crippen LogP contribution >= 0.6 is 0 Å². The average Bonchev–Trinajstić information content (AvgIpc) is 2.39. The van der Waals surface area contributed by atoms with Gasteiger partial charge in [0, 0.05) is 6.42 Å². The number of rotatable bonds is 4. The molecule has 0 bridgehead atoms. The summed E-state index contributed by atoms with van der Waals surface area (Å²) in [7, 11) is 0. The van der Waals surface area contributed by atoms with E-state index >= 15 is 0 Å². The summed E-state index contributed by atoms with van der Waals surface area (Å²) in [6.45, 7) is 2.74. The largest absolute Gasteiger partial charge is 0.465 e. The molecular weight excluding hydrogens is 216 g/mol. The van der Waals surface area contributed by atoms with Gasteiger partial charge in [-0.2, -0.15) is 0 Å². The molecule has 0 amide bonds. The molecule has 1 aromatic carbocycles. The van der Waals surface area contributed by atoms with Crippen LogP contribution in [0.2, 0.25) is 0 Å². The third-order valence-corrected chi connectivity index (χ3v) is 3.04. The van der Waals surface area contributed by atoms with E-state index in [1.54, 1.807) is 0 Å². The summed E-state index contributed by atoms with van der Waals surface area (Å²) in [6.07, 6.45) is 3.39. The first kappa shape index (κ1) is 12.4. The van der Waals surface area contributed by atoms with Crippen molar-refractivity contribution in [3.05, 3.63) is 29.8 Å². The predicted molar refractivity (Wildman–Crippen MR) is 65.9 cm³/mol. The lowest BCUT2D eigenvalue weighted by atomic mass is 10.1. The third kappa shape index (κ3) is 3.45. The highest BCUT2D eigenvalue weighted by atomic mass is 16.7. The van der Waals surface area contributed by atoms with Crippen molar-refractivity contribution in [2.45, 2.75) is 45.0 Å². The monoisotopic (exact) mass is 236 g/mol. The minimum atomic E-state index is -0.411. The fourth-order valence-corrected chi connectivity index (χ4v) is 1.99. The molecule has 94 valence electrons. The number of hydrogen-bond donors (Lipinski definition) is 1. The zero-order chi connectivity index (χ0) is 12.1. The average molecular weight is 236 g/mol. The Morgan fingerprint density at radius 3 is 3.06 bits per heavy atom. The van der Waals surface area contributed by atoms with E-state index in [-0.39, 0.29) is 6.29 Å². The molecule has 0 aromatic heterocycles. The molecule has 0 spiro atoms. The molecule has 2 atom stereocenters. The Kier molecular flexibility index (Phi) is 4.40. The molecule has 1 fully saturated rings. The Hall–Kier alpha value is -1.06. The van der Waals surface area contributed by atoms with E-state index in [2.05, 4.69) is 0 Å². The Morgan fingerprint density at radius 2 is 2.35 bits per heavy atom. The predicted octanol–water partition coefficient (Wildman–Crippen LogP) is 3.04. The lowest BCUT2D eigenvalue weighted by Crippen LogP contribution is -2.25. The fourth-order valence-electron chi connectivity index (χ4n) is 1.99. The van der Waals surface area contributed by atoms with Crippen molar-refractivity contribution in [1.82, 2.24) is 0 Å². The van der Waals surface area contributed by atoms with Gasteiger partial charge in [0.1, 0.15) is 5.75 Å². The summed E-state index contributed by atoms with van der Waals surface area (Å²) in [4.78, 5) is 0. The van der Waals surface area contributed by atoms with E-state index in [0.717, 1.165) is 37.2 Å². The molecule has 1 aliphatic rings. The van der Waals surface area contributed by atoms with E-state index < -0.39 is 6.10 Å². The molecule has 17 heavy (non-hydrogen) atoms. The van der Waals surface area contributed by atoms with Gasteiger partial charge in [0.25, 0.3) is 0 Å². The van der Waals surface area contributed by atoms with Crippen LogP contribution in [0.25, 0.3) is 0 Å². The van der Waals surface area contributed by atoms with Gasteiger partial charge in [0.15, 0.2) is 6.29 Å². The van der Waals surface area contributed by atoms with Crippen molar-refractivity contribution in [1.29, 1.82) is 0 Å². The van der Waals surface area contributed by atoms with Crippen molar-refractivity contribution in [3.8, 4) is 5.75 Å². The number of aliphatic hydroxyl groups is 1. The van der Waals surface area contributed by atoms with Gasteiger partial charge < -0.3 is 14.6 Å². The topological polar surface area (TPSA) is 38.7 Å². The van der Waals surface area contributed by atoms with Crippen LogP contribution in [-0.4, -0.2) is 18.0 Å². The second-order valence-electron chi connectivity index (χ2n) is 4.41. The maximum atomic E-state index is 9.77. The first-order valence-electron chi connectivity index (χ1n) is 6.36. The molecule has 2 unspecified atom stereocenters. The Balaban J connectivity index is 2.00. The van der Waals surface area contributed by atoms with Crippen LogP contribution in [0.15, 0.2) is 24.3 Å². The number of aliphatic hydroxyl groups excluding tert-OH is 1. The SMILES string of the molecule is CCC(O)c1cccc(OC2CCCCO2)c1. The molecule has 2 rings (SSSR count). The first-order valence-corrected chi connectivity index (χ1v) is 6.36. The number of ether oxygens (including phenoxy) is 2. The number of benzene rings is 1. The first-order chi connectivity index (χ1) is 8.29. The van der Waals surface area contributed by atoms with Gasteiger partial charge in [-0.05, 0) is 37.0 Å². The number of hydrogen-bond acceptors (Lipinski definition) is 3. The maximum absolute atomic E-state index is 9.77. The third-order valence-electron chi connectivity index (χ3n) is 3.04. The van der Waals surface area contributed by atoms with Crippen molar-refractivity contribution >= 4 is 0 Å². The Morgan fingerprint density at radius 1 is 1.47 bits per heavy atom. The summed E-state index contributed by atoms with van der Waals surface area (Å²) in [5, 5.41) is 9.77. The van der Waals surface area contributed by atoms with Gasteiger partial charge in [-0.15, -0.1) is 0 Å². The van der Waals surface area contributed by atoms with E-state index in [9.17, 15) is 5.11 Å². The van der Waals surface area contributed by atoms with Gasteiger partial charge in [0.2, 0.25) is 0 Å². The van der Waals surface area contributed by atoms with E-state index in [1.165, 1.54) is 0 Å². The second-order valence-corrected chi connectivity index (χ2v) is 4.41. The molecule has 1 N–H and O–H groups in total. The van der Waals surface area contributed by atoms with Crippen LogP contribution in [0.1, 0.15) is 44.3 Å². The lowest BCUT2D eigenvalue weighted by Gasteiger charge is -2.23. The second kappa shape index (κ2) is 6.03. The summed E-state index contributed by atoms with van der Waals surface area (Å²) < 4.78 is 11.3. The molecule has 0 aliphatic carbocycles. The lowest BCUT2D eigenvalue weighted by molar-refractivity contribution is -0.105. The van der Waals surface area contributed by atoms with E-state index in [0.29, 0.717) is 6.42 Å². The highest BCUT2D eigenvalue weighted by molar-refractivity contribution is 5.29. The van der Waals surface area contributed by atoms with Crippen LogP contribution in [-0.2, 0) is 4.74 Å². The summed E-state index contributed by atoms with van der Waals surface area (Å²) in [5.41, 5.74) is 0.904. The molecule has 0 saturated carbocycles. The van der Waals surface area contributed by atoms with Gasteiger partial charge >= 0.3 is 0 Å².